The normalized spacial score (nSPS) is 14.2. The second kappa shape index (κ2) is 10.8. The van der Waals surface area contributed by atoms with Gasteiger partial charge in [0.1, 0.15) is 11.6 Å². The molecule has 4 rings (SSSR count). The molecular weight excluding hydrogens is 403 g/mol. The maximum atomic E-state index is 13.5. The molecule has 6 heteroatoms. The molecule has 1 N–H and O–H groups in total. The summed E-state index contributed by atoms with van der Waals surface area (Å²) in [6.45, 7) is 1.01. The Balaban J connectivity index is 1.56. The molecule has 1 saturated carbocycles. The van der Waals surface area contributed by atoms with Crippen molar-refractivity contribution in [2.45, 2.75) is 51.0 Å². The number of nitrogens with one attached hydrogen (secondary N) is 1. The highest BCUT2D eigenvalue weighted by molar-refractivity contribution is 5.82. The first-order valence-corrected chi connectivity index (χ1v) is 11.3. The van der Waals surface area contributed by atoms with Gasteiger partial charge >= 0.3 is 0 Å². The van der Waals surface area contributed by atoms with E-state index < -0.39 is 0 Å². The number of carbonyl (C=O) groups is 1. The number of benzene rings is 1. The standard InChI is InChI=1S/C26H29FN4O/c27-23-10-4-6-20(16-23)13-15-29-26-25(31(19-32)18-21-7-5-14-28-17-21)12-11-24(30-26)22-8-2-1-3-9-22/h4-7,10-12,14,16-17,19,22H,1-3,8-9,13,15,18H2,(H,29,30). The number of hydrogen-bond acceptors (Lipinski definition) is 4. The van der Waals surface area contributed by atoms with Crippen molar-refractivity contribution in [3.8, 4) is 0 Å². The van der Waals surface area contributed by atoms with Crippen LogP contribution >= 0.6 is 0 Å². The predicted octanol–water partition coefficient (Wildman–Crippen LogP) is 5.48. The minimum Gasteiger partial charge on any atom is -0.368 e. The summed E-state index contributed by atoms with van der Waals surface area (Å²) in [6.07, 6.45) is 11.0. The van der Waals surface area contributed by atoms with E-state index in [0.29, 0.717) is 31.2 Å². The van der Waals surface area contributed by atoms with Crippen LogP contribution in [-0.4, -0.2) is 22.9 Å². The molecule has 0 saturated heterocycles. The number of aromatic nitrogens is 2. The smallest absolute Gasteiger partial charge is 0.214 e. The van der Waals surface area contributed by atoms with Gasteiger partial charge in [-0.1, -0.05) is 37.5 Å². The molecule has 0 spiro atoms. The van der Waals surface area contributed by atoms with Crippen molar-refractivity contribution in [1.29, 1.82) is 0 Å². The van der Waals surface area contributed by atoms with Crippen LogP contribution < -0.4 is 10.2 Å². The minimum absolute atomic E-state index is 0.232. The van der Waals surface area contributed by atoms with Crippen LogP contribution in [-0.2, 0) is 17.8 Å². The molecule has 0 unspecified atom stereocenters. The Morgan fingerprint density at radius 3 is 2.66 bits per heavy atom. The van der Waals surface area contributed by atoms with Gasteiger partial charge in [0, 0.05) is 30.6 Å². The summed E-state index contributed by atoms with van der Waals surface area (Å²) in [5, 5.41) is 3.41. The van der Waals surface area contributed by atoms with Crippen LogP contribution in [0.2, 0.25) is 0 Å². The van der Waals surface area contributed by atoms with Gasteiger partial charge in [0.05, 0.1) is 12.2 Å². The molecule has 1 amide bonds. The number of carbonyl (C=O) groups excluding carboxylic acids is 1. The number of anilines is 2. The van der Waals surface area contributed by atoms with E-state index in [1.165, 1.54) is 25.3 Å². The van der Waals surface area contributed by atoms with Gasteiger partial charge in [0.25, 0.3) is 0 Å². The largest absolute Gasteiger partial charge is 0.368 e. The monoisotopic (exact) mass is 432 g/mol. The average molecular weight is 433 g/mol. The number of pyridine rings is 2. The maximum Gasteiger partial charge on any atom is 0.214 e. The molecule has 1 fully saturated rings. The molecule has 2 heterocycles. The highest BCUT2D eigenvalue weighted by Gasteiger charge is 2.20. The Morgan fingerprint density at radius 1 is 1.06 bits per heavy atom. The molecule has 0 radical (unpaired) electrons. The Hall–Kier alpha value is -3.28. The fraction of sp³-hybridized carbons (Fsp3) is 0.346. The van der Waals surface area contributed by atoms with Crippen LogP contribution in [0.3, 0.4) is 0 Å². The van der Waals surface area contributed by atoms with Crippen LogP contribution in [0.25, 0.3) is 0 Å². The van der Waals surface area contributed by atoms with Crippen LogP contribution in [0, 0.1) is 5.82 Å². The van der Waals surface area contributed by atoms with E-state index in [-0.39, 0.29) is 5.82 Å². The van der Waals surface area contributed by atoms with Gasteiger partial charge < -0.3 is 10.2 Å². The summed E-state index contributed by atoms with van der Waals surface area (Å²) < 4.78 is 13.5. The predicted molar refractivity (Wildman–Crippen MR) is 125 cm³/mol. The van der Waals surface area contributed by atoms with Gasteiger partial charge in [-0.05, 0) is 60.7 Å². The quantitative estimate of drug-likeness (QED) is 0.455. The third kappa shape index (κ3) is 5.69. The average Bonchev–Trinajstić information content (AvgIpc) is 2.84. The number of halogens is 1. The molecule has 3 aromatic rings. The van der Waals surface area contributed by atoms with Crippen LogP contribution in [0.5, 0.6) is 0 Å². The number of rotatable bonds is 9. The Morgan fingerprint density at radius 2 is 1.91 bits per heavy atom. The lowest BCUT2D eigenvalue weighted by molar-refractivity contribution is -0.107. The van der Waals surface area contributed by atoms with E-state index >= 15 is 0 Å². The molecule has 1 aliphatic carbocycles. The van der Waals surface area contributed by atoms with Crippen molar-refractivity contribution < 1.29 is 9.18 Å². The SMILES string of the molecule is O=CN(Cc1cccnc1)c1ccc(C2CCCCC2)nc1NCCc1cccc(F)c1. The Labute approximate surface area is 188 Å². The summed E-state index contributed by atoms with van der Waals surface area (Å²) in [6, 6.07) is 14.5. The summed E-state index contributed by atoms with van der Waals surface area (Å²) in [4.78, 5) is 22.7. The molecule has 1 aromatic carbocycles. The van der Waals surface area contributed by atoms with Gasteiger partial charge in [-0.25, -0.2) is 9.37 Å². The van der Waals surface area contributed by atoms with Crippen molar-refractivity contribution in [3.63, 3.8) is 0 Å². The third-order valence-electron chi connectivity index (χ3n) is 6.03. The van der Waals surface area contributed by atoms with Crippen molar-refractivity contribution >= 4 is 17.9 Å². The molecule has 0 atom stereocenters. The lowest BCUT2D eigenvalue weighted by Crippen LogP contribution is -2.23. The molecule has 0 bridgehead atoms. The lowest BCUT2D eigenvalue weighted by Gasteiger charge is -2.25. The highest BCUT2D eigenvalue weighted by atomic mass is 19.1. The first-order valence-electron chi connectivity index (χ1n) is 11.3. The van der Waals surface area contributed by atoms with Crippen molar-refractivity contribution in [3.05, 3.63) is 83.6 Å². The Bertz CT molecular complexity index is 1020. The minimum atomic E-state index is -0.232. The van der Waals surface area contributed by atoms with E-state index in [9.17, 15) is 9.18 Å². The number of nitrogens with zero attached hydrogens (tertiary/aromatic N) is 3. The highest BCUT2D eigenvalue weighted by Crippen LogP contribution is 2.34. The van der Waals surface area contributed by atoms with Crippen LogP contribution in [0.1, 0.15) is 54.8 Å². The second-order valence-corrected chi connectivity index (χ2v) is 8.34. The number of amides is 1. The van der Waals surface area contributed by atoms with Crippen molar-refractivity contribution in [2.24, 2.45) is 0 Å². The maximum absolute atomic E-state index is 13.5. The Kier molecular flexibility index (Phi) is 7.43. The van der Waals surface area contributed by atoms with Gasteiger partial charge in [-0.2, -0.15) is 0 Å². The van der Waals surface area contributed by atoms with Gasteiger partial charge in [0.15, 0.2) is 0 Å². The molecular formula is C26H29FN4O. The van der Waals surface area contributed by atoms with Gasteiger partial charge in [-0.15, -0.1) is 0 Å². The first-order chi connectivity index (χ1) is 15.7. The molecule has 0 aliphatic heterocycles. The third-order valence-corrected chi connectivity index (χ3v) is 6.03. The van der Waals surface area contributed by atoms with Gasteiger partial charge in [0.2, 0.25) is 6.41 Å². The van der Waals surface area contributed by atoms with E-state index in [1.807, 2.05) is 24.3 Å². The molecule has 1 aliphatic rings. The van der Waals surface area contributed by atoms with E-state index in [4.69, 9.17) is 4.98 Å². The van der Waals surface area contributed by atoms with E-state index in [2.05, 4.69) is 16.4 Å². The zero-order chi connectivity index (χ0) is 22.2. The summed E-state index contributed by atoms with van der Waals surface area (Å²) in [5.74, 6) is 0.925. The van der Waals surface area contributed by atoms with Crippen LogP contribution in [0.4, 0.5) is 15.9 Å². The van der Waals surface area contributed by atoms with Crippen molar-refractivity contribution in [2.75, 3.05) is 16.8 Å². The molecule has 2 aromatic heterocycles. The molecule has 32 heavy (non-hydrogen) atoms. The van der Waals surface area contributed by atoms with E-state index in [0.717, 1.165) is 41.8 Å². The topological polar surface area (TPSA) is 58.1 Å². The van der Waals surface area contributed by atoms with Crippen LogP contribution in [0.15, 0.2) is 60.9 Å². The summed E-state index contributed by atoms with van der Waals surface area (Å²) in [7, 11) is 0. The fourth-order valence-electron chi connectivity index (χ4n) is 4.34. The van der Waals surface area contributed by atoms with E-state index in [1.54, 1.807) is 29.4 Å². The molecule has 166 valence electrons. The lowest BCUT2D eigenvalue weighted by atomic mass is 9.86. The van der Waals surface area contributed by atoms with Crippen molar-refractivity contribution in [1.82, 2.24) is 9.97 Å². The number of hydrogen-bond donors (Lipinski definition) is 1. The molecule has 5 nitrogen and oxygen atoms in total. The summed E-state index contributed by atoms with van der Waals surface area (Å²) in [5.41, 5.74) is 3.68. The first kappa shape index (κ1) is 21.9. The zero-order valence-corrected chi connectivity index (χ0v) is 18.2. The zero-order valence-electron chi connectivity index (χ0n) is 18.2. The second-order valence-electron chi connectivity index (χ2n) is 8.34. The summed E-state index contributed by atoms with van der Waals surface area (Å²) >= 11 is 0. The van der Waals surface area contributed by atoms with Gasteiger partial charge in [-0.3, -0.25) is 9.78 Å². The fourth-order valence-corrected chi connectivity index (χ4v) is 4.34.